The lowest BCUT2D eigenvalue weighted by molar-refractivity contribution is -0.208. The van der Waals surface area contributed by atoms with Gasteiger partial charge in [0.25, 0.3) is 0 Å². The Bertz CT molecular complexity index is 1080. The summed E-state index contributed by atoms with van der Waals surface area (Å²) in [5.41, 5.74) is 8.38. The normalized spacial score (nSPS) is 24.6. The number of carbonyl (C=O) groups excluding carboxylic acids is 2. The van der Waals surface area contributed by atoms with E-state index in [0.29, 0.717) is 12.1 Å². The Kier molecular flexibility index (Phi) is 7.13. The number of carbonyl (C=O) groups is 2. The third kappa shape index (κ3) is 5.21. The number of rotatable bonds is 6. The van der Waals surface area contributed by atoms with Crippen LogP contribution < -0.4 is 0 Å². The van der Waals surface area contributed by atoms with E-state index in [-0.39, 0.29) is 11.3 Å². The number of azide groups is 1. The molecule has 0 saturated carbocycles. The Balaban J connectivity index is 2.03. The van der Waals surface area contributed by atoms with E-state index < -0.39 is 66.6 Å². The first-order valence-electron chi connectivity index (χ1n) is 9.33. The maximum Gasteiger partial charge on any atom is 0.303 e. The molecule has 3 rings (SSSR count). The van der Waals surface area contributed by atoms with Crippen molar-refractivity contribution in [1.29, 1.82) is 0 Å². The van der Waals surface area contributed by atoms with Gasteiger partial charge in [0.2, 0.25) is 0 Å². The van der Waals surface area contributed by atoms with Crippen molar-refractivity contribution in [2.24, 2.45) is 5.11 Å². The molecule has 0 aliphatic carbocycles. The molecule has 15 heteroatoms. The molecule has 1 aliphatic heterocycles. The Hall–Kier alpha value is -3.71. The van der Waals surface area contributed by atoms with Crippen LogP contribution in [-0.4, -0.2) is 58.1 Å². The summed E-state index contributed by atoms with van der Waals surface area (Å²) in [5.74, 6) is -6.17. The summed E-state index contributed by atoms with van der Waals surface area (Å²) in [6.07, 6.45) is -5.48. The van der Waals surface area contributed by atoms with Crippen molar-refractivity contribution in [2.75, 3.05) is 6.61 Å². The minimum Gasteiger partial charge on any atom is -0.463 e. The quantitative estimate of drug-likeness (QED) is 0.157. The van der Waals surface area contributed by atoms with E-state index in [9.17, 15) is 22.8 Å². The predicted octanol–water partition coefficient (Wildman–Crippen LogP) is 2.77. The summed E-state index contributed by atoms with van der Waals surface area (Å²) < 4.78 is 72.0. The lowest BCUT2D eigenvalue weighted by Gasteiger charge is -2.41. The highest BCUT2D eigenvalue weighted by molar-refractivity contribution is 5.66. The van der Waals surface area contributed by atoms with Crippen LogP contribution in [0.4, 0.5) is 17.6 Å². The Labute approximate surface area is 182 Å². The third-order valence-electron chi connectivity index (χ3n) is 4.63. The minimum atomic E-state index is -2.13. The highest BCUT2D eigenvalue weighted by Crippen LogP contribution is 2.36. The topological polar surface area (TPSA) is 141 Å². The van der Waals surface area contributed by atoms with Gasteiger partial charge in [-0.25, -0.2) is 22.2 Å². The molecule has 176 valence electrons. The Morgan fingerprint density at radius 2 is 1.91 bits per heavy atom. The number of nitrogens with zero attached hydrogens (tertiary/aromatic N) is 6. The van der Waals surface area contributed by atoms with Crippen LogP contribution in [0.2, 0.25) is 0 Å². The van der Waals surface area contributed by atoms with Gasteiger partial charge in [-0.2, -0.15) is 0 Å². The predicted molar refractivity (Wildman–Crippen MR) is 99.3 cm³/mol. The fraction of sp³-hybridized carbons (Fsp3) is 0.444. The summed E-state index contributed by atoms with van der Waals surface area (Å²) in [6.45, 7) is 1.67. The molecule has 0 spiro atoms. The molecule has 1 aromatic carbocycles. The zero-order valence-electron chi connectivity index (χ0n) is 17.1. The fourth-order valence-electron chi connectivity index (χ4n) is 3.27. The summed E-state index contributed by atoms with van der Waals surface area (Å²) in [7, 11) is 0. The van der Waals surface area contributed by atoms with Crippen LogP contribution in [0, 0.1) is 17.5 Å². The van der Waals surface area contributed by atoms with Gasteiger partial charge in [0.15, 0.2) is 36.0 Å². The molecule has 1 aliphatic rings. The van der Waals surface area contributed by atoms with Crippen LogP contribution in [0.15, 0.2) is 23.4 Å². The van der Waals surface area contributed by atoms with Gasteiger partial charge in [-0.05, 0) is 17.7 Å². The molecule has 33 heavy (non-hydrogen) atoms. The minimum absolute atomic E-state index is 0.162. The standard InChI is InChI=1S/C18H16F4N6O5/c1-7(29)31-6-13-17(32-8(2)30)16(15(22)18(33-13)25-26-23)28-5-12(24-27-28)9-3-10(19)14(21)11(20)4-9/h3-5,13,15-18H,6H2,1-2H3/t13-,15-,16-,17+,18?/m1/s1. The van der Waals surface area contributed by atoms with Gasteiger partial charge >= 0.3 is 11.9 Å². The van der Waals surface area contributed by atoms with E-state index in [0.717, 1.165) is 24.7 Å². The molecule has 0 amide bonds. The lowest BCUT2D eigenvalue weighted by Crippen LogP contribution is -2.55. The molecular formula is C18H16F4N6O5. The van der Waals surface area contributed by atoms with Crippen molar-refractivity contribution in [3.8, 4) is 11.3 Å². The first-order valence-corrected chi connectivity index (χ1v) is 9.33. The first-order chi connectivity index (χ1) is 15.6. The van der Waals surface area contributed by atoms with Gasteiger partial charge in [-0.15, -0.1) is 5.10 Å². The first kappa shape index (κ1) is 23.9. The summed E-state index contributed by atoms with van der Waals surface area (Å²) in [5, 5.41) is 10.7. The Morgan fingerprint density at radius 3 is 2.48 bits per heavy atom. The van der Waals surface area contributed by atoms with Crippen molar-refractivity contribution in [2.45, 2.75) is 44.5 Å². The lowest BCUT2D eigenvalue weighted by atomic mass is 9.96. The highest BCUT2D eigenvalue weighted by atomic mass is 19.2. The number of ether oxygens (including phenoxy) is 3. The number of aromatic nitrogens is 3. The van der Waals surface area contributed by atoms with Crippen molar-refractivity contribution in [1.82, 2.24) is 15.0 Å². The molecule has 1 unspecified atom stereocenters. The van der Waals surface area contributed by atoms with Gasteiger partial charge in [-0.1, -0.05) is 10.3 Å². The van der Waals surface area contributed by atoms with Gasteiger partial charge in [0, 0.05) is 24.3 Å². The Morgan fingerprint density at radius 1 is 1.24 bits per heavy atom. The summed E-state index contributed by atoms with van der Waals surface area (Å²) in [4.78, 5) is 25.4. The van der Waals surface area contributed by atoms with Crippen LogP contribution in [0.5, 0.6) is 0 Å². The number of hydrogen-bond acceptors (Lipinski definition) is 8. The van der Waals surface area contributed by atoms with Crippen LogP contribution in [0.25, 0.3) is 21.7 Å². The zero-order valence-corrected chi connectivity index (χ0v) is 17.1. The maximum absolute atomic E-state index is 15.3. The van der Waals surface area contributed by atoms with Gasteiger partial charge in [0.05, 0.1) is 6.20 Å². The van der Waals surface area contributed by atoms with Crippen LogP contribution >= 0.6 is 0 Å². The van der Waals surface area contributed by atoms with E-state index >= 15 is 4.39 Å². The molecule has 1 saturated heterocycles. The van der Waals surface area contributed by atoms with Gasteiger partial charge in [0.1, 0.15) is 24.4 Å². The molecule has 0 radical (unpaired) electrons. The molecule has 0 N–H and O–H groups in total. The summed E-state index contributed by atoms with van der Waals surface area (Å²) in [6, 6.07) is -0.172. The molecule has 2 aromatic rings. The number of benzene rings is 1. The summed E-state index contributed by atoms with van der Waals surface area (Å²) >= 11 is 0. The molecule has 11 nitrogen and oxygen atoms in total. The van der Waals surface area contributed by atoms with Gasteiger partial charge < -0.3 is 14.2 Å². The average Bonchev–Trinajstić information content (AvgIpc) is 3.22. The van der Waals surface area contributed by atoms with Crippen molar-refractivity contribution < 1.29 is 41.4 Å². The van der Waals surface area contributed by atoms with Crippen molar-refractivity contribution in [3.05, 3.63) is 46.2 Å². The monoisotopic (exact) mass is 472 g/mol. The largest absolute Gasteiger partial charge is 0.463 e. The molecule has 5 atom stereocenters. The molecule has 1 fully saturated rings. The van der Waals surface area contributed by atoms with E-state index in [1.165, 1.54) is 0 Å². The van der Waals surface area contributed by atoms with E-state index in [1.54, 1.807) is 0 Å². The van der Waals surface area contributed by atoms with E-state index in [2.05, 4.69) is 20.3 Å². The number of hydrogen-bond donors (Lipinski definition) is 0. The third-order valence-corrected chi connectivity index (χ3v) is 4.63. The van der Waals surface area contributed by atoms with E-state index in [4.69, 9.17) is 19.7 Å². The molecular weight excluding hydrogens is 456 g/mol. The van der Waals surface area contributed by atoms with Crippen LogP contribution in [0.3, 0.4) is 0 Å². The second kappa shape index (κ2) is 9.83. The second-order valence-corrected chi connectivity index (χ2v) is 6.92. The van der Waals surface area contributed by atoms with Crippen molar-refractivity contribution >= 4 is 11.9 Å². The van der Waals surface area contributed by atoms with Crippen LogP contribution in [-0.2, 0) is 23.8 Å². The zero-order chi connectivity index (χ0) is 24.3. The molecule has 2 heterocycles. The maximum atomic E-state index is 15.3. The van der Waals surface area contributed by atoms with Gasteiger partial charge in [-0.3, -0.25) is 9.59 Å². The number of halogens is 4. The van der Waals surface area contributed by atoms with E-state index in [1.807, 2.05) is 0 Å². The number of alkyl halides is 1. The van der Waals surface area contributed by atoms with Crippen molar-refractivity contribution in [3.63, 3.8) is 0 Å². The smallest absolute Gasteiger partial charge is 0.303 e. The fourth-order valence-corrected chi connectivity index (χ4v) is 3.27. The highest BCUT2D eigenvalue weighted by Gasteiger charge is 2.50. The van der Waals surface area contributed by atoms with Crippen LogP contribution in [0.1, 0.15) is 19.9 Å². The SMILES string of the molecule is CC(=O)OC[C@H]1OC(N=[N+]=[N-])[C@H](F)[C@@H](n2cc(-c3cc(F)c(F)c(F)c3)nn2)[C@H]1OC(C)=O. The molecule has 1 aromatic heterocycles. The molecule has 0 bridgehead atoms. The second-order valence-electron chi connectivity index (χ2n) is 6.92. The average molecular weight is 472 g/mol. The number of esters is 2.